The third-order valence-corrected chi connectivity index (χ3v) is 6.79. The lowest BCUT2D eigenvalue weighted by Gasteiger charge is -2.24. The SMILES string of the molecule is C/C=C\C1=C(CC)c2c(C3CCCCC3)c3ccc(C(C)=O)cc3n2CC(C(=O)O)=C1. The first kappa shape index (κ1) is 21.4. The van der Waals surface area contributed by atoms with E-state index in [2.05, 4.69) is 17.6 Å². The van der Waals surface area contributed by atoms with Crippen LogP contribution in [0.3, 0.4) is 0 Å². The highest BCUT2D eigenvalue weighted by Gasteiger charge is 2.30. The normalized spacial score (nSPS) is 17.7. The van der Waals surface area contributed by atoms with Crippen molar-refractivity contribution in [3.05, 3.63) is 64.4 Å². The van der Waals surface area contributed by atoms with Crippen molar-refractivity contribution >= 4 is 28.2 Å². The summed E-state index contributed by atoms with van der Waals surface area (Å²) < 4.78 is 2.17. The number of carboxylic acid groups (broad SMARTS) is 1. The van der Waals surface area contributed by atoms with Crippen molar-refractivity contribution in [2.24, 2.45) is 0 Å². The van der Waals surface area contributed by atoms with Crippen LogP contribution < -0.4 is 0 Å². The van der Waals surface area contributed by atoms with Gasteiger partial charge >= 0.3 is 5.97 Å². The maximum absolute atomic E-state index is 12.1. The zero-order valence-corrected chi connectivity index (χ0v) is 18.7. The third-order valence-electron chi connectivity index (χ3n) is 6.79. The number of aliphatic carboxylic acids is 1. The average Bonchev–Trinajstić information content (AvgIpc) is 2.97. The number of hydrogen-bond donors (Lipinski definition) is 1. The highest BCUT2D eigenvalue weighted by molar-refractivity contribution is 6.01. The molecule has 31 heavy (non-hydrogen) atoms. The van der Waals surface area contributed by atoms with Gasteiger partial charge in [0.15, 0.2) is 5.78 Å². The molecule has 0 atom stereocenters. The standard InChI is InChI=1S/C27H31NO3/c1-4-9-20-14-21(27(30)31)16-28-24-15-19(17(3)29)12-13-23(24)25(26(28)22(20)5-2)18-10-7-6-8-11-18/h4,9,12-15,18H,5-8,10-11,16H2,1-3H3,(H,30,31)/b9-4-. The van der Waals surface area contributed by atoms with E-state index in [0.29, 0.717) is 23.6 Å². The fourth-order valence-corrected chi connectivity index (χ4v) is 5.35. The molecule has 4 heteroatoms. The van der Waals surface area contributed by atoms with Crippen LogP contribution in [-0.4, -0.2) is 21.4 Å². The van der Waals surface area contributed by atoms with E-state index in [9.17, 15) is 14.7 Å². The molecule has 1 fully saturated rings. The van der Waals surface area contributed by atoms with Crippen molar-refractivity contribution in [1.29, 1.82) is 0 Å². The Balaban J connectivity index is 2.10. The quantitative estimate of drug-likeness (QED) is 0.554. The largest absolute Gasteiger partial charge is 0.478 e. The molecule has 1 aliphatic heterocycles. The van der Waals surface area contributed by atoms with Gasteiger partial charge in [0.25, 0.3) is 0 Å². The number of hydrogen-bond acceptors (Lipinski definition) is 2. The zero-order valence-electron chi connectivity index (χ0n) is 18.7. The predicted molar refractivity (Wildman–Crippen MR) is 126 cm³/mol. The Hall–Kier alpha value is -2.88. The van der Waals surface area contributed by atoms with E-state index in [4.69, 9.17) is 0 Å². The van der Waals surface area contributed by atoms with Gasteiger partial charge in [0, 0.05) is 22.2 Å². The Morgan fingerprint density at radius 3 is 2.55 bits per heavy atom. The second-order valence-corrected chi connectivity index (χ2v) is 8.73. The minimum absolute atomic E-state index is 0.0279. The summed E-state index contributed by atoms with van der Waals surface area (Å²) in [5.41, 5.74) is 6.71. The van der Waals surface area contributed by atoms with E-state index in [-0.39, 0.29) is 5.78 Å². The Kier molecular flexibility index (Phi) is 5.99. The molecular weight excluding hydrogens is 386 g/mol. The lowest BCUT2D eigenvalue weighted by molar-refractivity contribution is -0.132. The fourth-order valence-electron chi connectivity index (χ4n) is 5.35. The third kappa shape index (κ3) is 3.80. The molecule has 1 N–H and O–H groups in total. The molecule has 2 aromatic rings. The molecular formula is C27H31NO3. The number of aromatic nitrogens is 1. The van der Waals surface area contributed by atoms with Crippen LogP contribution >= 0.6 is 0 Å². The van der Waals surface area contributed by atoms with E-state index in [1.807, 2.05) is 37.3 Å². The van der Waals surface area contributed by atoms with Gasteiger partial charge in [0.2, 0.25) is 0 Å². The van der Waals surface area contributed by atoms with Gasteiger partial charge in [-0.05, 0) is 67.9 Å². The summed E-state index contributed by atoms with van der Waals surface area (Å²) in [5, 5.41) is 11.1. The molecule has 0 amide bonds. The van der Waals surface area contributed by atoms with Crippen LogP contribution in [0.25, 0.3) is 16.5 Å². The van der Waals surface area contributed by atoms with Gasteiger partial charge in [0.1, 0.15) is 0 Å². The number of nitrogens with zero attached hydrogens (tertiary/aromatic N) is 1. The van der Waals surface area contributed by atoms with Crippen LogP contribution in [0.1, 0.15) is 86.8 Å². The minimum atomic E-state index is -0.894. The highest BCUT2D eigenvalue weighted by atomic mass is 16.4. The smallest absolute Gasteiger partial charge is 0.333 e. The van der Waals surface area contributed by atoms with E-state index < -0.39 is 5.97 Å². The molecule has 1 aromatic carbocycles. The van der Waals surface area contributed by atoms with Gasteiger partial charge in [-0.1, -0.05) is 50.5 Å². The summed E-state index contributed by atoms with van der Waals surface area (Å²) >= 11 is 0. The summed E-state index contributed by atoms with van der Waals surface area (Å²) in [6, 6.07) is 5.97. The molecule has 0 radical (unpaired) electrons. The number of ketones is 1. The number of rotatable bonds is 5. The molecule has 4 nitrogen and oxygen atoms in total. The number of carbonyl (C=O) groups is 2. The lowest BCUT2D eigenvalue weighted by atomic mass is 9.81. The number of carboxylic acids is 1. The molecule has 2 heterocycles. The minimum Gasteiger partial charge on any atom is -0.478 e. The second kappa shape index (κ2) is 8.70. The summed E-state index contributed by atoms with van der Waals surface area (Å²) in [6.07, 6.45) is 12.7. The van der Waals surface area contributed by atoms with Gasteiger partial charge in [-0.2, -0.15) is 0 Å². The number of carbonyl (C=O) groups excluding carboxylic acids is 1. The maximum atomic E-state index is 12.1. The molecule has 4 rings (SSSR count). The Morgan fingerprint density at radius 2 is 1.94 bits per heavy atom. The highest BCUT2D eigenvalue weighted by Crippen LogP contribution is 2.45. The molecule has 1 saturated carbocycles. The molecule has 0 spiro atoms. The second-order valence-electron chi connectivity index (χ2n) is 8.73. The van der Waals surface area contributed by atoms with Crippen molar-refractivity contribution in [1.82, 2.24) is 4.57 Å². The van der Waals surface area contributed by atoms with Crippen LogP contribution in [0.2, 0.25) is 0 Å². The number of Topliss-reactive ketones (excluding diaryl/α,β-unsaturated/α-hetero) is 1. The van der Waals surface area contributed by atoms with Crippen molar-refractivity contribution in [2.45, 2.75) is 71.8 Å². The molecule has 162 valence electrons. The van der Waals surface area contributed by atoms with Crippen molar-refractivity contribution in [3.63, 3.8) is 0 Å². The van der Waals surface area contributed by atoms with Crippen LogP contribution in [0.4, 0.5) is 0 Å². The van der Waals surface area contributed by atoms with E-state index in [1.165, 1.54) is 41.5 Å². The number of benzene rings is 1. The van der Waals surface area contributed by atoms with E-state index >= 15 is 0 Å². The van der Waals surface area contributed by atoms with E-state index in [1.54, 1.807) is 6.92 Å². The van der Waals surface area contributed by atoms with E-state index in [0.717, 1.165) is 30.4 Å². The molecule has 1 aromatic heterocycles. The monoisotopic (exact) mass is 417 g/mol. The molecule has 0 bridgehead atoms. The van der Waals surface area contributed by atoms with Crippen LogP contribution in [0.5, 0.6) is 0 Å². The molecule has 0 unspecified atom stereocenters. The van der Waals surface area contributed by atoms with Gasteiger partial charge < -0.3 is 9.67 Å². The predicted octanol–water partition coefficient (Wildman–Crippen LogP) is 6.66. The first-order valence-electron chi connectivity index (χ1n) is 11.4. The Morgan fingerprint density at radius 1 is 1.19 bits per heavy atom. The zero-order chi connectivity index (χ0) is 22.1. The van der Waals surface area contributed by atoms with Gasteiger partial charge in [-0.3, -0.25) is 4.79 Å². The van der Waals surface area contributed by atoms with Crippen molar-refractivity contribution in [3.8, 4) is 0 Å². The Bertz CT molecular complexity index is 1140. The van der Waals surface area contributed by atoms with Crippen LogP contribution in [0, 0.1) is 0 Å². The summed E-state index contributed by atoms with van der Waals surface area (Å²) in [7, 11) is 0. The summed E-state index contributed by atoms with van der Waals surface area (Å²) in [4.78, 5) is 24.2. The fraction of sp³-hybridized carbons (Fsp3) is 0.407. The number of allylic oxidation sites excluding steroid dienone is 5. The Labute approximate surface area is 184 Å². The topological polar surface area (TPSA) is 59.3 Å². The molecule has 1 aliphatic carbocycles. The molecule has 0 saturated heterocycles. The van der Waals surface area contributed by atoms with Crippen molar-refractivity contribution in [2.75, 3.05) is 0 Å². The van der Waals surface area contributed by atoms with Gasteiger partial charge in [-0.15, -0.1) is 0 Å². The number of fused-ring (bicyclic) bond motifs is 3. The van der Waals surface area contributed by atoms with Gasteiger partial charge in [0.05, 0.1) is 12.1 Å². The maximum Gasteiger partial charge on any atom is 0.333 e. The van der Waals surface area contributed by atoms with Crippen LogP contribution in [-0.2, 0) is 11.3 Å². The first-order valence-corrected chi connectivity index (χ1v) is 11.4. The summed E-state index contributed by atoms with van der Waals surface area (Å²) in [5.74, 6) is -0.398. The van der Waals surface area contributed by atoms with Crippen molar-refractivity contribution < 1.29 is 14.7 Å². The summed E-state index contributed by atoms with van der Waals surface area (Å²) in [6.45, 7) is 6.00. The average molecular weight is 418 g/mol. The van der Waals surface area contributed by atoms with Crippen LogP contribution in [0.15, 0.2) is 47.6 Å². The lowest BCUT2D eigenvalue weighted by Crippen LogP contribution is -2.12. The first-order chi connectivity index (χ1) is 15.0. The van der Waals surface area contributed by atoms with Gasteiger partial charge in [-0.25, -0.2) is 4.79 Å². The molecule has 2 aliphatic rings.